The minimum absolute atomic E-state index is 0.0120. The van der Waals surface area contributed by atoms with E-state index in [4.69, 9.17) is 4.18 Å². The molecule has 108 valence electrons. The van der Waals surface area contributed by atoms with Crippen molar-refractivity contribution in [2.45, 2.75) is 31.9 Å². The third kappa shape index (κ3) is 3.84. The summed E-state index contributed by atoms with van der Waals surface area (Å²) in [4.78, 5) is 0. The van der Waals surface area contributed by atoms with Gasteiger partial charge in [-0.15, -0.1) is 0 Å². The Balaban J connectivity index is 2.10. The lowest BCUT2D eigenvalue weighted by molar-refractivity contribution is 0.412. The summed E-state index contributed by atoms with van der Waals surface area (Å²) >= 11 is 0. The maximum absolute atomic E-state index is 11.8. The number of hydrogen-bond donors (Lipinski definition) is 0. The molecule has 1 heterocycles. The van der Waals surface area contributed by atoms with Crippen molar-refractivity contribution in [3.8, 4) is 5.75 Å². The molecule has 0 fully saturated rings. The van der Waals surface area contributed by atoms with E-state index in [0.29, 0.717) is 11.4 Å². The summed E-state index contributed by atoms with van der Waals surface area (Å²) in [7, 11) is -3.73. The van der Waals surface area contributed by atoms with Gasteiger partial charge in [0.05, 0.1) is 0 Å². The second kappa shape index (κ2) is 5.28. The van der Waals surface area contributed by atoms with Crippen LogP contribution in [0.1, 0.15) is 32.0 Å². The lowest BCUT2D eigenvalue weighted by Gasteiger charge is -2.19. The zero-order valence-corrected chi connectivity index (χ0v) is 12.5. The predicted molar refractivity (Wildman–Crippen MR) is 74.9 cm³/mol. The highest BCUT2D eigenvalue weighted by Gasteiger charge is 2.17. The molecule has 0 spiro atoms. The lowest BCUT2D eigenvalue weighted by atomic mass is 9.87. The van der Waals surface area contributed by atoms with Gasteiger partial charge in [0, 0.05) is 6.07 Å². The van der Waals surface area contributed by atoms with Crippen molar-refractivity contribution in [1.82, 2.24) is 5.16 Å². The minimum atomic E-state index is -3.73. The Labute approximate surface area is 118 Å². The summed E-state index contributed by atoms with van der Waals surface area (Å²) in [5.41, 5.74) is 1.44. The third-order valence-electron chi connectivity index (χ3n) is 2.76. The summed E-state index contributed by atoms with van der Waals surface area (Å²) in [6, 6.07) is 8.52. The van der Waals surface area contributed by atoms with Gasteiger partial charge in [-0.1, -0.05) is 38.1 Å². The number of nitrogens with zero attached hydrogens (tertiary/aromatic N) is 1. The molecule has 0 atom stereocenters. The molecule has 0 amide bonds. The Hall–Kier alpha value is -1.82. The lowest BCUT2D eigenvalue weighted by Crippen LogP contribution is -2.13. The van der Waals surface area contributed by atoms with E-state index in [1.807, 2.05) is 12.1 Å². The molecule has 1 aromatic carbocycles. The van der Waals surface area contributed by atoms with E-state index < -0.39 is 10.1 Å². The van der Waals surface area contributed by atoms with Crippen LogP contribution in [-0.4, -0.2) is 13.6 Å². The molecule has 5 nitrogen and oxygen atoms in total. The molecule has 20 heavy (non-hydrogen) atoms. The van der Waals surface area contributed by atoms with E-state index >= 15 is 0 Å². The molecule has 0 saturated heterocycles. The number of hydrogen-bond acceptors (Lipinski definition) is 5. The van der Waals surface area contributed by atoms with Crippen molar-refractivity contribution in [2.75, 3.05) is 0 Å². The maximum atomic E-state index is 11.8. The van der Waals surface area contributed by atoms with E-state index in [-0.39, 0.29) is 11.2 Å². The van der Waals surface area contributed by atoms with Crippen molar-refractivity contribution in [1.29, 1.82) is 0 Å². The monoisotopic (exact) mass is 295 g/mol. The quantitative estimate of drug-likeness (QED) is 0.811. The van der Waals surface area contributed by atoms with Gasteiger partial charge in [-0.05, 0) is 23.1 Å². The number of rotatable bonds is 4. The van der Waals surface area contributed by atoms with Crippen LogP contribution in [0.15, 0.2) is 41.1 Å². The second-order valence-electron chi connectivity index (χ2n) is 5.55. The molecule has 0 unspecified atom stereocenters. The van der Waals surface area contributed by atoms with Gasteiger partial charge in [0.25, 0.3) is 0 Å². The topological polar surface area (TPSA) is 69.4 Å². The van der Waals surface area contributed by atoms with Crippen LogP contribution in [0, 0.1) is 0 Å². The van der Waals surface area contributed by atoms with Crippen molar-refractivity contribution in [2.24, 2.45) is 0 Å². The minimum Gasteiger partial charge on any atom is -0.382 e. The van der Waals surface area contributed by atoms with Crippen molar-refractivity contribution >= 4 is 10.1 Å². The molecule has 1 aromatic heterocycles. The first kappa shape index (κ1) is 14.6. The molecule has 0 aliphatic heterocycles. The number of aromatic nitrogens is 1. The average molecular weight is 295 g/mol. The highest BCUT2D eigenvalue weighted by atomic mass is 32.2. The van der Waals surface area contributed by atoms with Crippen molar-refractivity contribution in [3.63, 3.8) is 0 Å². The molecule has 0 aliphatic carbocycles. The molecule has 2 rings (SSSR count). The normalized spacial score (nSPS) is 12.3. The summed E-state index contributed by atoms with van der Waals surface area (Å²) in [6.45, 7) is 6.26. The van der Waals surface area contributed by atoms with Gasteiger partial charge in [-0.2, -0.15) is 8.42 Å². The fraction of sp³-hybridized carbons (Fsp3) is 0.357. The van der Waals surface area contributed by atoms with Gasteiger partial charge in [-0.3, -0.25) is 0 Å². The summed E-state index contributed by atoms with van der Waals surface area (Å²) < 4.78 is 33.3. The first-order chi connectivity index (χ1) is 9.26. The van der Waals surface area contributed by atoms with Gasteiger partial charge < -0.3 is 8.71 Å². The Morgan fingerprint density at radius 1 is 1.15 bits per heavy atom. The first-order valence-electron chi connectivity index (χ1n) is 6.18. The Morgan fingerprint density at radius 2 is 1.80 bits per heavy atom. The molecular formula is C14H17NO4S. The fourth-order valence-electron chi connectivity index (χ4n) is 1.68. The Morgan fingerprint density at radius 3 is 2.30 bits per heavy atom. The van der Waals surface area contributed by atoms with E-state index in [2.05, 4.69) is 30.5 Å². The largest absolute Gasteiger partial charge is 0.382 e. The van der Waals surface area contributed by atoms with Crippen LogP contribution < -0.4 is 4.18 Å². The van der Waals surface area contributed by atoms with E-state index in [0.717, 1.165) is 5.56 Å². The van der Waals surface area contributed by atoms with Crippen LogP contribution in [-0.2, 0) is 21.3 Å². The van der Waals surface area contributed by atoms with Crippen LogP contribution in [0.4, 0.5) is 0 Å². The Kier molecular flexibility index (Phi) is 3.85. The van der Waals surface area contributed by atoms with Crippen molar-refractivity contribution in [3.05, 3.63) is 47.9 Å². The fourth-order valence-corrected chi connectivity index (χ4v) is 2.65. The highest BCUT2D eigenvalue weighted by Crippen LogP contribution is 2.25. The average Bonchev–Trinajstić information content (AvgIpc) is 2.79. The zero-order chi connectivity index (χ0) is 14.8. The SMILES string of the molecule is CC(C)(C)c1ccc(OS(=O)(=O)Cc2ccon2)cc1. The second-order valence-corrected chi connectivity index (χ2v) is 7.12. The zero-order valence-electron chi connectivity index (χ0n) is 11.7. The molecule has 0 radical (unpaired) electrons. The maximum Gasteiger partial charge on any atom is 0.315 e. The first-order valence-corrected chi connectivity index (χ1v) is 7.76. The van der Waals surface area contributed by atoms with E-state index in [1.54, 1.807) is 12.1 Å². The molecule has 0 aliphatic rings. The molecule has 2 aromatic rings. The summed E-state index contributed by atoms with van der Waals surface area (Å²) in [6.07, 6.45) is 1.32. The van der Waals surface area contributed by atoms with Crippen LogP contribution in [0.3, 0.4) is 0 Å². The number of benzene rings is 1. The summed E-state index contributed by atoms with van der Waals surface area (Å²) in [5.74, 6) is -0.0219. The summed E-state index contributed by atoms with van der Waals surface area (Å²) in [5, 5.41) is 3.56. The third-order valence-corrected chi connectivity index (χ3v) is 3.86. The Bertz CT molecular complexity index is 652. The smallest absolute Gasteiger partial charge is 0.315 e. The van der Waals surface area contributed by atoms with Gasteiger partial charge in [0.1, 0.15) is 23.5 Å². The molecule has 0 saturated carbocycles. The van der Waals surface area contributed by atoms with Crippen LogP contribution in [0.25, 0.3) is 0 Å². The van der Waals surface area contributed by atoms with Crippen LogP contribution in [0.5, 0.6) is 5.75 Å². The molecular weight excluding hydrogens is 278 g/mol. The highest BCUT2D eigenvalue weighted by molar-refractivity contribution is 7.86. The standard InChI is InChI=1S/C14H17NO4S/c1-14(2,3)11-4-6-13(7-5-11)19-20(16,17)10-12-8-9-18-15-12/h4-9H,10H2,1-3H3. The van der Waals surface area contributed by atoms with E-state index in [1.165, 1.54) is 12.3 Å². The van der Waals surface area contributed by atoms with Crippen LogP contribution in [0.2, 0.25) is 0 Å². The van der Waals surface area contributed by atoms with Crippen molar-refractivity contribution < 1.29 is 17.1 Å². The van der Waals surface area contributed by atoms with Gasteiger partial charge in [0.2, 0.25) is 0 Å². The molecule has 0 bridgehead atoms. The van der Waals surface area contributed by atoms with Crippen LogP contribution >= 0.6 is 0 Å². The van der Waals surface area contributed by atoms with Gasteiger partial charge in [0.15, 0.2) is 0 Å². The van der Waals surface area contributed by atoms with Gasteiger partial charge >= 0.3 is 10.1 Å². The van der Waals surface area contributed by atoms with Gasteiger partial charge in [-0.25, -0.2) is 0 Å². The predicted octanol–water partition coefficient (Wildman–Crippen LogP) is 2.88. The van der Waals surface area contributed by atoms with E-state index in [9.17, 15) is 8.42 Å². The molecule has 0 N–H and O–H groups in total. The molecule has 6 heteroatoms.